The molecule has 0 unspecified atom stereocenters. The third-order valence-corrected chi connectivity index (χ3v) is 5.98. The Hall–Kier alpha value is -2.92. The third-order valence-electron chi connectivity index (χ3n) is 5.09. The highest BCUT2D eigenvalue weighted by atomic mass is 32.1. The monoisotopic (exact) mass is 373 g/mol. The molecule has 0 bridgehead atoms. The van der Waals surface area contributed by atoms with Gasteiger partial charge in [0.1, 0.15) is 0 Å². The van der Waals surface area contributed by atoms with Gasteiger partial charge in [0.2, 0.25) is 5.91 Å². The van der Waals surface area contributed by atoms with Crippen molar-refractivity contribution < 1.29 is 4.79 Å². The molecule has 5 heteroatoms. The normalized spacial score (nSPS) is 12.2. The summed E-state index contributed by atoms with van der Waals surface area (Å²) in [6.07, 6.45) is 4.12. The highest BCUT2D eigenvalue weighted by molar-refractivity contribution is 7.15. The van der Waals surface area contributed by atoms with Crippen molar-refractivity contribution in [2.45, 2.75) is 26.2 Å². The van der Waals surface area contributed by atoms with Gasteiger partial charge in [-0.1, -0.05) is 30.3 Å². The summed E-state index contributed by atoms with van der Waals surface area (Å²) in [5, 5.41) is 5.14. The fourth-order valence-electron chi connectivity index (χ4n) is 3.81. The van der Waals surface area contributed by atoms with Crippen LogP contribution in [0.1, 0.15) is 28.9 Å². The lowest BCUT2D eigenvalue weighted by Gasteiger charge is -2.08. The Morgan fingerprint density at radius 2 is 2.04 bits per heavy atom. The Labute approximate surface area is 161 Å². The number of nitrogens with one attached hydrogen (secondary N) is 1. The summed E-state index contributed by atoms with van der Waals surface area (Å²) in [5.41, 5.74) is 8.24. The molecule has 0 saturated carbocycles. The molecule has 5 rings (SSSR count). The molecule has 1 aliphatic rings. The quantitative estimate of drug-likeness (QED) is 0.490. The number of carbonyl (C=O) groups is 1. The molecule has 2 heterocycles. The summed E-state index contributed by atoms with van der Waals surface area (Å²) in [6.45, 7) is 1.99. The molecular formula is C22H19N3OS. The van der Waals surface area contributed by atoms with Crippen LogP contribution in [0.5, 0.6) is 0 Å². The molecule has 0 aliphatic heterocycles. The minimum atomic E-state index is 0.0432. The lowest BCUT2D eigenvalue weighted by atomic mass is 10.1. The van der Waals surface area contributed by atoms with E-state index in [0.29, 0.717) is 12.8 Å². The lowest BCUT2D eigenvalue weighted by Crippen LogP contribution is -2.12. The number of hydrogen-bond acceptors (Lipinski definition) is 3. The second-order valence-corrected chi connectivity index (χ2v) is 7.85. The Bertz CT molecular complexity index is 1170. The number of amides is 1. The van der Waals surface area contributed by atoms with Crippen molar-refractivity contribution in [2.24, 2.45) is 0 Å². The van der Waals surface area contributed by atoms with Gasteiger partial charge in [-0.2, -0.15) is 0 Å². The second-order valence-electron chi connectivity index (χ2n) is 7.02. The average Bonchev–Trinajstić information content (AvgIpc) is 3.31. The fourth-order valence-corrected chi connectivity index (χ4v) is 4.76. The SMILES string of the molecule is Cc1cn2c(CCC(=O)Nc3ccc4c(c3)Cc3ccccc3-4)csc2n1. The fraction of sp³-hybridized carbons (Fsp3) is 0.182. The second kappa shape index (κ2) is 6.35. The molecule has 4 aromatic rings. The molecule has 4 nitrogen and oxygen atoms in total. The van der Waals surface area contributed by atoms with Crippen molar-refractivity contribution in [3.63, 3.8) is 0 Å². The molecule has 1 aliphatic carbocycles. The topological polar surface area (TPSA) is 46.4 Å². The van der Waals surface area contributed by atoms with Crippen LogP contribution >= 0.6 is 11.3 Å². The van der Waals surface area contributed by atoms with Gasteiger partial charge in [0.15, 0.2) is 4.96 Å². The van der Waals surface area contributed by atoms with Gasteiger partial charge < -0.3 is 5.32 Å². The first-order valence-electron chi connectivity index (χ1n) is 9.10. The largest absolute Gasteiger partial charge is 0.326 e. The predicted molar refractivity (Wildman–Crippen MR) is 109 cm³/mol. The van der Waals surface area contributed by atoms with Gasteiger partial charge in [0.25, 0.3) is 0 Å². The number of benzene rings is 2. The summed E-state index contributed by atoms with van der Waals surface area (Å²) in [5.74, 6) is 0.0432. The molecule has 27 heavy (non-hydrogen) atoms. The van der Waals surface area contributed by atoms with Gasteiger partial charge in [0, 0.05) is 29.4 Å². The van der Waals surface area contributed by atoms with Crippen molar-refractivity contribution in [2.75, 3.05) is 5.32 Å². The van der Waals surface area contributed by atoms with E-state index in [2.05, 4.69) is 56.5 Å². The van der Waals surface area contributed by atoms with E-state index in [1.807, 2.05) is 19.2 Å². The van der Waals surface area contributed by atoms with E-state index in [1.54, 1.807) is 11.3 Å². The number of aromatic nitrogens is 2. The smallest absolute Gasteiger partial charge is 0.224 e. The van der Waals surface area contributed by atoms with Crippen molar-refractivity contribution in [1.82, 2.24) is 9.38 Å². The van der Waals surface area contributed by atoms with Crippen molar-refractivity contribution in [3.8, 4) is 11.1 Å². The predicted octanol–water partition coefficient (Wildman–Crippen LogP) is 4.85. The highest BCUT2D eigenvalue weighted by Gasteiger charge is 2.18. The Morgan fingerprint density at radius 3 is 2.96 bits per heavy atom. The van der Waals surface area contributed by atoms with E-state index in [9.17, 15) is 4.79 Å². The van der Waals surface area contributed by atoms with E-state index in [-0.39, 0.29) is 5.91 Å². The van der Waals surface area contributed by atoms with Gasteiger partial charge in [-0.15, -0.1) is 11.3 Å². The Morgan fingerprint density at radius 1 is 1.19 bits per heavy atom. The van der Waals surface area contributed by atoms with E-state index in [1.165, 1.54) is 22.3 Å². The molecule has 0 spiro atoms. The maximum Gasteiger partial charge on any atom is 0.224 e. The number of fused-ring (bicyclic) bond motifs is 4. The average molecular weight is 373 g/mol. The van der Waals surface area contributed by atoms with Crippen LogP contribution < -0.4 is 5.32 Å². The Kier molecular flexibility index (Phi) is 3.83. The van der Waals surface area contributed by atoms with Gasteiger partial charge in [-0.25, -0.2) is 4.98 Å². The van der Waals surface area contributed by atoms with Gasteiger partial charge in [-0.05, 0) is 54.2 Å². The number of rotatable bonds is 4. The summed E-state index contributed by atoms with van der Waals surface area (Å²) in [6, 6.07) is 14.7. The molecule has 2 aromatic carbocycles. The van der Waals surface area contributed by atoms with Crippen LogP contribution in [0.4, 0.5) is 5.69 Å². The number of carbonyl (C=O) groups excluding carboxylic acids is 1. The third kappa shape index (κ3) is 2.94. The molecular weight excluding hydrogens is 354 g/mol. The van der Waals surface area contributed by atoms with Crippen LogP contribution in [-0.2, 0) is 17.6 Å². The molecule has 0 saturated heterocycles. The minimum Gasteiger partial charge on any atom is -0.326 e. The number of aryl methyl sites for hydroxylation is 2. The summed E-state index contributed by atoms with van der Waals surface area (Å²) in [4.78, 5) is 17.9. The van der Waals surface area contributed by atoms with E-state index in [0.717, 1.165) is 28.5 Å². The highest BCUT2D eigenvalue weighted by Crippen LogP contribution is 2.37. The molecule has 2 aromatic heterocycles. The summed E-state index contributed by atoms with van der Waals surface area (Å²) in [7, 11) is 0. The molecule has 0 atom stereocenters. The van der Waals surface area contributed by atoms with Crippen LogP contribution in [0, 0.1) is 6.92 Å². The zero-order valence-electron chi connectivity index (χ0n) is 15.0. The van der Waals surface area contributed by atoms with Crippen molar-refractivity contribution in [1.29, 1.82) is 0 Å². The van der Waals surface area contributed by atoms with Crippen LogP contribution in [0.3, 0.4) is 0 Å². The van der Waals surface area contributed by atoms with Gasteiger partial charge in [0.05, 0.1) is 5.69 Å². The maximum atomic E-state index is 12.4. The molecule has 1 N–H and O–H groups in total. The minimum absolute atomic E-state index is 0.0432. The number of imidazole rings is 1. The molecule has 0 fully saturated rings. The van der Waals surface area contributed by atoms with E-state index < -0.39 is 0 Å². The number of nitrogens with zero attached hydrogens (tertiary/aromatic N) is 2. The number of hydrogen-bond donors (Lipinski definition) is 1. The van der Waals surface area contributed by atoms with Crippen LogP contribution in [0.25, 0.3) is 16.1 Å². The molecule has 1 amide bonds. The van der Waals surface area contributed by atoms with E-state index in [4.69, 9.17) is 0 Å². The molecule has 0 radical (unpaired) electrons. The number of thiazole rings is 1. The number of anilines is 1. The van der Waals surface area contributed by atoms with Crippen molar-refractivity contribution >= 4 is 27.9 Å². The van der Waals surface area contributed by atoms with Gasteiger partial charge in [-0.3, -0.25) is 9.20 Å². The van der Waals surface area contributed by atoms with Crippen LogP contribution in [-0.4, -0.2) is 15.3 Å². The first kappa shape index (κ1) is 16.3. The van der Waals surface area contributed by atoms with Gasteiger partial charge >= 0.3 is 0 Å². The maximum absolute atomic E-state index is 12.4. The van der Waals surface area contributed by atoms with Crippen molar-refractivity contribution in [3.05, 3.63) is 76.6 Å². The summed E-state index contributed by atoms with van der Waals surface area (Å²) < 4.78 is 2.08. The summed E-state index contributed by atoms with van der Waals surface area (Å²) >= 11 is 1.62. The zero-order chi connectivity index (χ0) is 18.4. The molecule has 134 valence electrons. The first-order chi connectivity index (χ1) is 13.2. The zero-order valence-corrected chi connectivity index (χ0v) is 15.8. The van der Waals surface area contributed by atoms with Crippen LogP contribution in [0.2, 0.25) is 0 Å². The standard InChI is InChI=1S/C22H19N3OS/c1-14-12-25-18(13-27-22(25)23-14)7-9-21(26)24-17-6-8-20-16(11-17)10-15-4-2-3-5-19(15)20/h2-6,8,11-13H,7,9-10H2,1H3,(H,24,26). The first-order valence-corrected chi connectivity index (χ1v) is 9.98. The van der Waals surface area contributed by atoms with Crippen LogP contribution in [0.15, 0.2) is 54.0 Å². The lowest BCUT2D eigenvalue weighted by molar-refractivity contribution is -0.116. The van der Waals surface area contributed by atoms with E-state index >= 15 is 0 Å². The Balaban J connectivity index is 1.27.